The predicted molar refractivity (Wildman–Crippen MR) is 296 cm³/mol. The van der Waals surface area contributed by atoms with Gasteiger partial charge in [0.05, 0.1) is 38.6 Å². The van der Waals surface area contributed by atoms with Gasteiger partial charge in [0.25, 0.3) is 0 Å². The average molecular weight is 1120 g/mol. The van der Waals surface area contributed by atoms with E-state index in [1.165, 1.54) is 161 Å². The summed E-state index contributed by atoms with van der Waals surface area (Å²) in [4.78, 5) is 13.3. The fourth-order valence-electron chi connectivity index (χ4n) is 11.0. The minimum atomic E-state index is -1.97. The molecule has 3 aliphatic heterocycles. The van der Waals surface area contributed by atoms with E-state index >= 15 is 0 Å². The summed E-state index contributed by atoms with van der Waals surface area (Å²) in [6, 6.07) is -0.880. The molecule has 0 aromatic heterocycles. The number of rotatable bonds is 47. The summed E-state index contributed by atoms with van der Waals surface area (Å²) in [5.41, 5.74) is 0. The van der Waals surface area contributed by atoms with Crippen LogP contribution in [0.5, 0.6) is 0 Å². The van der Waals surface area contributed by atoms with Crippen LogP contribution < -0.4 is 5.32 Å². The van der Waals surface area contributed by atoms with Crippen molar-refractivity contribution in [1.82, 2.24) is 5.32 Å². The molecule has 12 N–H and O–H groups in total. The number of hydrogen-bond acceptors (Lipinski definition) is 18. The summed E-state index contributed by atoms with van der Waals surface area (Å²) in [6.07, 6.45) is 14.6. The number of unbranched alkanes of at least 4 members (excludes halogenated alkanes) is 31. The van der Waals surface area contributed by atoms with E-state index in [2.05, 4.69) is 19.2 Å². The average Bonchev–Trinajstić information content (AvgIpc) is 3.47. The van der Waals surface area contributed by atoms with Gasteiger partial charge in [0.1, 0.15) is 73.2 Å². The van der Waals surface area contributed by atoms with E-state index < -0.39 is 124 Å². The highest BCUT2D eigenvalue weighted by Gasteiger charge is 2.53. The third-order valence-corrected chi connectivity index (χ3v) is 16.2. The Morgan fingerprint density at radius 3 is 1.12 bits per heavy atom. The van der Waals surface area contributed by atoms with Crippen molar-refractivity contribution in [2.45, 2.75) is 343 Å². The Kier molecular flexibility index (Phi) is 39.6. The first kappa shape index (κ1) is 71.1. The molecule has 17 atom stereocenters. The van der Waals surface area contributed by atoms with Gasteiger partial charge in [-0.3, -0.25) is 4.79 Å². The van der Waals surface area contributed by atoms with Crippen LogP contribution in [-0.2, 0) is 33.2 Å². The van der Waals surface area contributed by atoms with E-state index in [-0.39, 0.29) is 18.9 Å². The maximum atomic E-state index is 13.3. The molecule has 1 amide bonds. The fraction of sp³-hybridized carbons (Fsp3) is 0.983. The molecule has 0 aliphatic carbocycles. The van der Waals surface area contributed by atoms with Crippen LogP contribution in [0.4, 0.5) is 0 Å². The Morgan fingerprint density at radius 2 is 0.731 bits per heavy atom. The molecule has 3 fully saturated rings. The maximum Gasteiger partial charge on any atom is 0.220 e. The Balaban J connectivity index is 1.48. The summed E-state index contributed by atoms with van der Waals surface area (Å²) in [5.74, 6) is -0.238. The first-order chi connectivity index (χ1) is 37.8. The summed E-state index contributed by atoms with van der Waals surface area (Å²) in [7, 11) is 0. The molecule has 3 heterocycles. The Bertz CT molecular complexity index is 1440. The van der Waals surface area contributed by atoms with Crippen molar-refractivity contribution in [3.05, 3.63) is 0 Å². The number of carbonyl (C=O) groups is 1. The Hall–Kier alpha value is -1.21. The highest BCUT2D eigenvalue weighted by Crippen LogP contribution is 2.33. The molecule has 3 aliphatic rings. The first-order valence-electron chi connectivity index (χ1n) is 31.3. The van der Waals surface area contributed by atoms with Crippen LogP contribution >= 0.6 is 0 Å². The number of hydrogen-bond donors (Lipinski definition) is 12. The van der Waals surface area contributed by atoms with Gasteiger partial charge < -0.3 is 89.9 Å². The van der Waals surface area contributed by atoms with Gasteiger partial charge >= 0.3 is 0 Å². The summed E-state index contributed by atoms with van der Waals surface area (Å²) in [6.45, 7) is 1.81. The van der Waals surface area contributed by atoms with Crippen molar-refractivity contribution in [1.29, 1.82) is 0 Å². The number of nitrogens with one attached hydrogen (secondary N) is 1. The molecule has 0 saturated carbocycles. The molecule has 0 spiro atoms. The monoisotopic (exact) mass is 1120 g/mol. The van der Waals surface area contributed by atoms with Crippen LogP contribution in [-0.4, -0.2) is 193 Å². The molecule has 462 valence electrons. The second kappa shape index (κ2) is 43.4. The van der Waals surface area contributed by atoms with E-state index in [1.807, 2.05) is 0 Å². The number of amides is 1. The lowest BCUT2D eigenvalue weighted by Crippen LogP contribution is -2.66. The van der Waals surface area contributed by atoms with E-state index in [0.717, 1.165) is 44.9 Å². The van der Waals surface area contributed by atoms with Gasteiger partial charge in [-0.25, -0.2) is 0 Å². The molecule has 3 rings (SSSR count). The lowest BCUT2D eigenvalue weighted by atomic mass is 9.96. The molecule has 19 heteroatoms. The minimum Gasteiger partial charge on any atom is -0.394 e. The molecule has 19 nitrogen and oxygen atoms in total. The van der Waals surface area contributed by atoms with Crippen molar-refractivity contribution in [2.24, 2.45) is 0 Å². The van der Waals surface area contributed by atoms with Gasteiger partial charge in [0, 0.05) is 6.42 Å². The van der Waals surface area contributed by atoms with E-state index in [1.54, 1.807) is 0 Å². The molecular weight excluding hydrogens is 1010 g/mol. The molecule has 0 bridgehead atoms. The minimum absolute atomic E-state index is 0.238. The highest BCUT2D eigenvalue weighted by atomic mass is 16.8. The molecule has 0 aromatic carbocycles. The lowest BCUT2D eigenvalue weighted by molar-refractivity contribution is -0.379. The van der Waals surface area contributed by atoms with Crippen LogP contribution in [0, 0.1) is 0 Å². The second-order valence-electron chi connectivity index (χ2n) is 22.9. The number of carbonyl (C=O) groups excluding carboxylic acids is 1. The molecule has 17 unspecified atom stereocenters. The SMILES string of the molecule is CCCCCCCCCCCCCCCCCCCC(O)C(COC1OC(CO)C(OC2OC(CO)C(OC3OC(CO)C(O)C(O)C3O)C(O)C2O)C(O)C1O)NC(=O)CCCCCCCCCCCCCCCCCC. The van der Waals surface area contributed by atoms with Crippen molar-refractivity contribution >= 4 is 5.91 Å². The van der Waals surface area contributed by atoms with Crippen molar-refractivity contribution in [3.63, 3.8) is 0 Å². The highest BCUT2D eigenvalue weighted by molar-refractivity contribution is 5.76. The van der Waals surface area contributed by atoms with Crippen LogP contribution in [0.25, 0.3) is 0 Å². The zero-order valence-corrected chi connectivity index (χ0v) is 48.2. The van der Waals surface area contributed by atoms with Crippen molar-refractivity contribution in [2.75, 3.05) is 26.4 Å². The largest absolute Gasteiger partial charge is 0.394 e. The van der Waals surface area contributed by atoms with Crippen LogP contribution in [0.1, 0.15) is 239 Å². The van der Waals surface area contributed by atoms with Gasteiger partial charge in [-0.1, -0.05) is 219 Å². The topological polar surface area (TPSA) is 307 Å². The normalized spacial score (nSPS) is 30.4. The zero-order valence-electron chi connectivity index (χ0n) is 48.2. The molecule has 0 radical (unpaired) electrons. The number of aliphatic hydroxyl groups excluding tert-OH is 11. The van der Waals surface area contributed by atoms with E-state index in [9.17, 15) is 61.0 Å². The Labute approximate surface area is 468 Å². The summed E-state index contributed by atoms with van der Waals surface area (Å²) in [5, 5.41) is 120. The third-order valence-electron chi connectivity index (χ3n) is 16.2. The summed E-state index contributed by atoms with van der Waals surface area (Å²) < 4.78 is 34.3. The van der Waals surface area contributed by atoms with Gasteiger partial charge in [-0.05, 0) is 12.8 Å². The van der Waals surface area contributed by atoms with Crippen LogP contribution in [0.15, 0.2) is 0 Å². The van der Waals surface area contributed by atoms with Gasteiger partial charge in [-0.15, -0.1) is 0 Å². The second-order valence-corrected chi connectivity index (χ2v) is 22.9. The lowest BCUT2D eigenvalue weighted by Gasteiger charge is -2.48. The molecule has 0 aromatic rings. The predicted octanol–water partition coefficient (Wildman–Crippen LogP) is 5.99. The Morgan fingerprint density at radius 1 is 0.410 bits per heavy atom. The number of ether oxygens (including phenoxy) is 6. The maximum absolute atomic E-state index is 13.3. The summed E-state index contributed by atoms with van der Waals surface area (Å²) >= 11 is 0. The number of aliphatic hydroxyl groups is 11. The van der Waals surface area contributed by atoms with Crippen LogP contribution in [0.3, 0.4) is 0 Å². The third kappa shape index (κ3) is 27.0. The molecule has 3 saturated heterocycles. The van der Waals surface area contributed by atoms with E-state index in [4.69, 9.17) is 28.4 Å². The molecular formula is C59H113NO18. The van der Waals surface area contributed by atoms with Crippen LogP contribution in [0.2, 0.25) is 0 Å². The quantitative estimate of drug-likeness (QED) is 0.0312. The molecule has 78 heavy (non-hydrogen) atoms. The van der Waals surface area contributed by atoms with Crippen molar-refractivity contribution < 1.29 is 89.4 Å². The van der Waals surface area contributed by atoms with Crippen molar-refractivity contribution in [3.8, 4) is 0 Å². The zero-order chi connectivity index (χ0) is 56.9. The van der Waals surface area contributed by atoms with Gasteiger partial charge in [0.2, 0.25) is 5.91 Å². The fourth-order valence-corrected chi connectivity index (χ4v) is 11.0. The smallest absolute Gasteiger partial charge is 0.220 e. The van der Waals surface area contributed by atoms with E-state index in [0.29, 0.717) is 12.8 Å². The first-order valence-corrected chi connectivity index (χ1v) is 31.3. The van der Waals surface area contributed by atoms with Gasteiger partial charge in [0.15, 0.2) is 18.9 Å². The van der Waals surface area contributed by atoms with Gasteiger partial charge in [-0.2, -0.15) is 0 Å². The standard InChI is InChI=1S/C59H113NO18/c1-3-5-7-9-11-13-15-17-19-21-22-24-26-28-30-32-34-36-43(64)42(60-47(65)37-35-33-31-29-27-25-23-20-18-16-14-12-10-8-6-4-2)41-73-57-53(71)50(68)55(45(39-62)75-57)78-59-54(72)51(69)56(46(40-63)76-59)77-58-52(70)49(67)48(66)44(38-61)74-58/h42-46,48-59,61-64,66-72H,3-41H2,1-2H3,(H,60,65).